The molecule has 1 aliphatic carbocycles. The number of anilines is 1. The second-order valence-corrected chi connectivity index (χ2v) is 8.91. The Balaban J connectivity index is 1.79. The van der Waals surface area contributed by atoms with Gasteiger partial charge in [0.05, 0.1) is 13.2 Å². The van der Waals surface area contributed by atoms with Crippen molar-refractivity contribution in [2.24, 2.45) is 5.92 Å². The van der Waals surface area contributed by atoms with Gasteiger partial charge in [-0.15, -0.1) is 0 Å². The van der Waals surface area contributed by atoms with Gasteiger partial charge in [0.2, 0.25) is 0 Å². The van der Waals surface area contributed by atoms with Crippen LogP contribution in [-0.2, 0) is 25.4 Å². The van der Waals surface area contributed by atoms with E-state index in [2.05, 4.69) is 49.6 Å². The molecule has 1 atom stereocenters. The SMILES string of the molecule is COCOC1=CC=C(Cc2c(C)cc(NCC(=O)OC)c(C)c2C)NC1C1CCCCC1. The third-order valence-electron chi connectivity index (χ3n) is 6.83. The van der Waals surface area contributed by atoms with Gasteiger partial charge in [-0.25, -0.2) is 0 Å². The lowest BCUT2D eigenvalue weighted by molar-refractivity contribution is -0.138. The van der Waals surface area contributed by atoms with Crippen LogP contribution in [0, 0.1) is 26.7 Å². The molecule has 0 radical (unpaired) electrons. The van der Waals surface area contributed by atoms with Crippen molar-refractivity contribution in [1.82, 2.24) is 5.32 Å². The lowest BCUT2D eigenvalue weighted by Gasteiger charge is -2.35. The van der Waals surface area contributed by atoms with E-state index in [1.54, 1.807) is 7.11 Å². The molecule has 32 heavy (non-hydrogen) atoms. The minimum absolute atomic E-state index is 0.167. The Hall–Kier alpha value is -2.47. The Labute approximate surface area is 192 Å². The fourth-order valence-corrected chi connectivity index (χ4v) is 4.82. The van der Waals surface area contributed by atoms with Crippen LogP contribution >= 0.6 is 0 Å². The first-order chi connectivity index (χ1) is 15.4. The average Bonchev–Trinajstić information content (AvgIpc) is 2.82. The van der Waals surface area contributed by atoms with Gasteiger partial charge in [0.1, 0.15) is 12.3 Å². The van der Waals surface area contributed by atoms with Crippen molar-refractivity contribution in [3.05, 3.63) is 51.9 Å². The maximum absolute atomic E-state index is 11.5. The smallest absolute Gasteiger partial charge is 0.325 e. The topological polar surface area (TPSA) is 68.8 Å². The quantitative estimate of drug-likeness (QED) is 0.428. The number of carbonyl (C=O) groups is 1. The number of rotatable bonds is 9. The highest BCUT2D eigenvalue weighted by Gasteiger charge is 2.30. The van der Waals surface area contributed by atoms with Crippen LogP contribution in [0.1, 0.15) is 54.4 Å². The Morgan fingerprint density at radius 3 is 2.53 bits per heavy atom. The van der Waals surface area contributed by atoms with Crippen molar-refractivity contribution in [3.8, 4) is 0 Å². The minimum Gasteiger partial charge on any atom is -0.470 e. The van der Waals surface area contributed by atoms with E-state index < -0.39 is 0 Å². The number of hydrogen-bond acceptors (Lipinski definition) is 6. The first-order valence-corrected chi connectivity index (χ1v) is 11.6. The standard InChI is InChI=1S/C26H38N2O4/c1-17-13-23(27-15-25(29)31-5)19(3)18(2)22(17)14-21-11-12-24(32-16-30-4)26(28-21)20-9-7-6-8-10-20/h11-13,20,26-28H,6-10,14-16H2,1-5H3. The second kappa shape index (κ2) is 11.4. The molecule has 6 nitrogen and oxygen atoms in total. The number of benzene rings is 1. The molecule has 0 spiro atoms. The van der Waals surface area contributed by atoms with E-state index in [4.69, 9.17) is 14.2 Å². The molecule has 1 aromatic carbocycles. The Morgan fingerprint density at radius 2 is 1.84 bits per heavy atom. The molecule has 3 rings (SSSR count). The average molecular weight is 443 g/mol. The number of aryl methyl sites for hydroxylation is 1. The molecule has 1 heterocycles. The third kappa shape index (κ3) is 5.85. The molecule has 6 heteroatoms. The van der Waals surface area contributed by atoms with Crippen molar-refractivity contribution in [3.63, 3.8) is 0 Å². The van der Waals surface area contributed by atoms with Crippen LogP contribution in [0.3, 0.4) is 0 Å². The molecular formula is C26H38N2O4. The summed E-state index contributed by atoms with van der Waals surface area (Å²) in [5.74, 6) is 1.30. The summed E-state index contributed by atoms with van der Waals surface area (Å²) < 4.78 is 15.8. The van der Waals surface area contributed by atoms with E-state index in [0.717, 1.165) is 23.4 Å². The van der Waals surface area contributed by atoms with Gasteiger partial charge in [0.25, 0.3) is 0 Å². The molecule has 1 aromatic rings. The van der Waals surface area contributed by atoms with Crippen LogP contribution in [0.2, 0.25) is 0 Å². The molecule has 1 fully saturated rings. The zero-order valence-corrected chi connectivity index (χ0v) is 20.2. The molecule has 1 aliphatic heterocycles. The lowest BCUT2D eigenvalue weighted by atomic mass is 9.82. The molecule has 0 aromatic heterocycles. The zero-order chi connectivity index (χ0) is 23.1. The highest BCUT2D eigenvalue weighted by Crippen LogP contribution is 2.33. The van der Waals surface area contributed by atoms with Gasteiger partial charge in [-0.1, -0.05) is 19.3 Å². The Bertz CT molecular complexity index is 869. The summed E-state index contributed by atoms with van der Waals surface area (Å²) >= 11 is 0. The fourth-order valence-electron chi connectivity index (χ4n) is 4.82. The number of allylic oxidation sites excluding steroid dienone is 3. The van der Waals surface area contributed by atoms with E-state index in [-0.39, 0.29) is 25.3 Å². The van der Waals surface area contributed by atoms with E-state index >= 15 is 0 Å². The normalized spacial score (nSPS) is 19.0. The Kier molecular flexibility index (Phi) is 8.62. The monoisotopic (exact) mass is 442 g/mol. The molecule has 176 valence electrons. The van der Waals surface area contributed by atoms with Crippen LogP contribution in [0.15, 0.2) is 29.7 Å². The van der Waals surface area contributed by atoms with Gasteiger partial charge in [0, 0.05) is 24.9 Å². The minimum atomic E-state index is -0.271. The lowest BCUT2D eigenvalue weighted by Crippen LogP contribution is -2.41. The molecule has 1 unspecified atom stereocenters. The number of dihydropyridines is 1. The number of methoxy groups -OCH3 is 2. The van der Waals surface area contributed by atoms with Crippen molar-refractivity contribution in [2.45, 2.75) is 65.3 Å². The van der Waals surface area contributed by atoms with Crippen molar-refractivity contribution >= 4 is 11.7 Å². The van der Waals surface area contributed by atoms with E-state index in [9.17, 15) is 4.79 Å². The van der Waals surface area contributed by atoms with E-state index in [1.165, 1.54) is 61.6 Å². The third-order valence-corrected chi connectivity index (χ3v) is 6.83. The number of nitrogens with one attached hydrogen (secondary N) is 2. The second-order valence-electron chi connectivity index (χ2n) is 8.91. The van der Waals surface area contributed by atoms with Gasteiger partial charge < -0.3 is 24.8 Å². The first-order valence-electron chi connectivity index (χ1n) is 11.6. The van der Waals surface area contributed by atoms with Crippen LogP contribution in [0.4, 0.5) is 5.69 Å². The summed E-state index contributed by atoms with van der Waals surface area (Å²) in [5, 5.41) is 7.01. The van der Waals surface area contributed by atoms with Crippen LogP contribution < -0.4 is 10.6 Å². The zero-order valence-electron chi connectivity index (χ0n) is 20.2. The van der Waals surface area contributed by atoms with E-state index in [1.807, 2.05) is 0 Å². The maximum atomic E-state index is 11.5. The van der Waals surface area contributed by atoms with Gasteiger partial charge in [-0.3, -0.25) is 4.79 Å². The van der Waals surface area contributed by atoms with Gasteiger partial charge >= 0.3 is 5.97 Å². The van der Waals surface area contributed by atoms with Crippen LogP contribution in [0.25, 0.3) is 0 Å². The van der Waals surface area contributed by atoms with Crippen molar-refractivity contribution in [1.29, 1.82) is 0 Å². The highest BCUT2D eigenvalue weighted by molar-refractivity contribution is 5.75. The van der Waals surface area contributed by atoms with Crippen LogP contribution in [-0.4, -0.2) is 39.6 Å². The van der Waals surface area contributed by atoms with Crippen molar-refractivity contribution < 1.29 is 19.0 Å². The molecule has 1 saturated carbocycles. The predicted molar refractivity (Wildman–Crippen MR) is 127 cm³/mol. The number of ether oxygens (including phenoxy) is 3. The summed E-state index contributed by atoms with van der Waals surface area (Å²) in [6.07, 6.45) is 11.5. The van der Waals surface area contributed by atoms with E-state index in [0.29, 0.717) is 5.92 Å². The van der Waals surface area contributed by atoms with Gasteiger partial charge in [0.15, 0.2) is 6.79 Å². The molecular weight excluding hydrogens is 404 g/mol. The highest BCUT2D eigenvalue weighted by atomic mass is 16.7. The summed E-state index contributed by atoms with van der Waals surface area (Å²) in [6, 6.07) is 2.33. The molecule has 0 bridgehead atoms. The first kappa shape index (κ1) is 24.2. The Morgan fingerprint density at radius 1 is 1.09 bits per heavy atom. The number of hydrogen-bond donors (Lipinski definition) is 2. The maximum Gasteiger partial charge on any atom is 0.325 e. The molecule has 2 aliphatic rings. The summed E-state index contributed by atoms with van der Waals surface area (Å²) in [6.45, 7) is 6.84. The number of carbonyl (C=O) groups excluding carboxylic acids is 1. The summed E-state index contributed by atoms with van der Waals surface area (Å²) in [4.78, 5) is 11.5. The summed E-state index contributed by atoms with van der Waals surface area (Å²) in [5.41, 5.74) is 7.14. The predicted octanol–water partition coefficient (Wildman–Crippen LogP) is 4.68. The van der Waals surface area contributed by atoms with Crippen molar-refractivity contribution in [2.75, 3.05) is 32.9 Å². The fraction of sp³-hybridized carbons (Fsp3) is 0.577. The van der Waals surface area contributed by atoms with Gasteiger partial charge in [-0.05, 0) is 80.0 Å². The molecule has 0 amide bonds. The molecule has 2 N–H and O–H groups in total. The summed E-state index contributed by atoms with van der Waals surface area (Å²) in [7, 11) is 3.06. The molecule has 0 saturated heterocycles. The number of esters is 1. The van der Waals surface area contributed by atoms with Gasteiger partial charge in [-0.2, -0.15) is 0 Å². The van der Waals surface area contributed by atoms with Crippen LogP contribution in [0.5, 0.6) is 0 Å². The largest absolute Gasteiger partial charge is 0.470 e.